The van der Waals surface area contributed by atoms with Gasteiger partial charge in [-0.05, 0) is 36.0 Å². The average Bonchev–Trinajstić information content (AvgIpc) is 3.44. The van der Waals surface area contributed by atoms with Crippen LogP contribution < -0.4 is 9.91 Å². The fourth-order valence-electron chi connectivity index (χ4n) is 3.92. The number of para-hydroxylation sites is 1. The molecule has 5 aromatic rings. The quantitative estimate of drug-likeness (QED) is 0.113. The predicted octanol–water partition coefficient (Wildman–Crippen LogP) is 6.75. The molecule has 216 valence electrons. The molecule has 6 rings (SSSR count). The summed E-state index contributed by atoms with van der Waals surface area (Å²) in [6.07, 6.45) is 2.41. The van der Waals surface area contributed by atoms with Gasteiger partial charge in [0.2, 0.25) is 0 Å². The topological polar surface area (TPSA) is 57.5 Å². The average molecular weight is 749 g/mol. The number of pyridine rings is 3. The molecule has 2 aromatic carbocycles. The zero-order valence-corrected chi connectivity index (χ0v) is 24.2. The summed E-state index contributed by atoms with van der Waals surface area (Å²) < 4.78 is 53.0. The van der Waals surface area contributed by atoms with Crippen LogP contribution in [0.1, 0.15) is 18.1 Å². The third-order valence-corrected chi connectivity index (χ3v) is 5.91. The van der Waals surface area contributed by atoms with Gasteiger partial charge >= 0.3 is 0 Å². The van der Waals surface area contributed by atoms with Crippen molar-refractivity contribution in [2.45, 2.75) is 13.3 Å². The Kier molecular flexibility index (Phi) is 10.1. The molecular weight excluding hydrogens is 727 g/mol. The minimum Gasteiger partial charge on any atom is -0.456 e. The number of rotatable bonds is 5. The first-order chi connectivity index (χ1) is 19.9. The molecule has 0 amide bonds. The van der Waals surface area contributed by atoms with Gasteiger partial charge in [-0.3, -0.25) is 13.8 Å². The van der Waals surface area contributed by atoms with E-state index in [2.05, 4.69) is 32.2 Å². The van der Waals surface area contributed by atoms with E-state index in [9.17, 15) is 17.6 Å². The second-order valence-electron chi connectivity index (χ2n) is 8.61. The van der Waals surface area contributed by atoms with Gasteiger partial charge in [-0.25, -0.2) is 8.78 Å². The summed E-state index contributed by atoms with van der Waals surface area (Å²) >= 11 is 0. The molecule has 3 aromatic heterocycles. The summed E-state index contributed by atoms with van der Waals surface area (Å²) in [5.41, 5.74) is 3.22. The number of anilines is 2. The first kappa shape index (κ1) is 30.5. The minimum atomic E-state index is -0.970. The van der Waals surface area contributed by atoms with Gasteiger partial charge in [0.15, 0.2) is 0 Å². The number of aryl methyl sites for hydroxylation is 1. The number of hydrazone groups is 1. The Hall–Kier alpha value is -4.43. The molecule has 11 heteroatoms. The van der Waals surface area contributed by atoms with Gasteiger partial charge in [0.1, 0.15) is 23.7 Å². The maximum Gasteiger partial charge on any atom is 0.129 e. The number of nitrogens with zero attached hydrogens (tertiary/aromatic N) is 6. The summed E-state index contributed by atoms with van der Waals surface area (Å²) in [6.45, 7) is 3.61. The number of halogens is 4. The van der Waals surface area contributed by atoms with E-state index in [1.54, 1.807) is 18.9 Å². The van der Waals surface area contributed by atoms with Crippen molar-refractivity contribution in [3.63, 3.8) is 0 Å². The van der Waals surface area contributed by atoms with E-state index in [0.717, 1.165) is 35.4 Å². The zero-order valence-electron chi connectivity index (χ0n) is 22.0. The predicted molar refractivity (Wildman–Crippen MR) is 147 cm³/mol. The van der Waals surface area contributed by atoms with Crippen LogP contribution in [-0.2, 0) is 27.5 Å². The standard InChI is InChI=1S/C19H12F2N4.C12H9F2N2.Pt/c20-17-12-11-16(18(21)22-17)25-13-24(15-9-5-2-6-10-15)19(23-25)14-7-3-1-4-8-14;1-2-8-5-6-15-10(7-8)9-3-4-11(13)16-12(9)14;/h1-10,12-13H;4-7H,2H2,1H3;/q-2;-1;. The van der Waals surface area contributed by atoms with Gasteiger partial charge in [0.25, 0.3) is 0 Å². The summed E-state index contributed by atoms with van der Waals surface area (Å²) in [5, 5.41) is 5.77. The van der Waals surface area contributed by atoms with E-state index in [0.29, 0.717) is 11.5 Å². The van der Waals surface area contributed by atoms with Crippen LogP contribution in [0.2, 0.25) is 0 Å². The van der Waals surface area contributed by atoms with Crippen LogP contribution in [0.4, 0.5) is 28.9 Å². The molecule has 0 saturated carbocycles. The van der Waals surface area contributed by atoms with Crippen LogP contribution in [0.5, 0.6) is 0 Å². The van der Waals surface area contributed by atoms with Crippen molar-refractivity contribution in [3.05, 3.63) is 145 Å². The van der Waals surface area contributed by atoms with Crippen molar-refractivity contribution >= 4 is 17.2 Å². The van der Waals surface area contributed by atoms with Crippen molar-refractivity contribution in [2.75, 3.05) is 9.91 Å². The Balaban J connectivity index is 0.000000207. The number of hydrogen-bond acceptors (Lipinski definition) is 6. The molecule has 42 heavy (non-hydrogen) atoms. The van der Waals surface area contributed by atoms with Gasteiger partial charge in [0, 0.05) is 38.5 Å². The van der Waals surface area contributed by atoms with Crippen molar-refractivity contribution in [2.24, 2.45) is 5.10 Å². The van der Waals surface area contributed by atoms with Crippen LogP contribution in [0.3, 0.4) is 0 Å². The molecule has 0 atom stereocenters. The summed E-state index contributed by atoms with van der Waals surface area (Å²) in [6, 6.07) is 29.7. The number of amidine groups is 1. The summed E-state index contributed by atoms with van der Waals surface area (Å²) in [7, 11) is 0. The van der Waals surface area contributed by atoms with Crippen molar-refractivity contribution in [3.8, 4) is 11.3 Å². The Morgan fingerprint density at radius 1 is 0.810 bits per heavy atom. The maximum atomic E-state index is 14.0. The molecule has 0 bridgehead atoms. The SMILES string of the molecule is CCc1ccnc(-c2[c-]cc(F)nc2F)c1.Fc1c[c-]c(N2[CH-]N(c3ccccc3)C(c3ccccc3)=N2)c(F)n1.[Pt]. The minimum absolute atomic E-state index is 0. The molecule has 0 aliphatic carbocycles. The molecule has 6 nitrogen and oxygen atoms in total. The number of hydrogen-bond donors (Lipinski definition) is 0. The first-order valence-corrected chi connectivity index (χ1v) is 12.5. The van der Waals surface area contributed by atoms with E-state index in [4.69, 9.17) is 0 Å². The van der Waals surface area contributed by atoms with E-state index in [1.165, 1.54) is 5.01 Å². The molecule has 0 spiro atoms. The number of benzene rings is 2. The van der Waals surface area contributed by atoms with Crippen molar-refractivity contribution < 1.29 is 38.6 Å². The van der Waals surface area contributed by atoms with E-state index < -0.39 is 23.8 Å². The van der Waals surface area contributed by atoms with Crippen LogP contribution >= 0.6 is 0 Å². The second-order valence-corrected chi connectivity index (χ2v) is 8.61. The fourth-order valence-corrected chi connectivity index (χ4v) is 3.92. The van der Waals surface area contributed by atoms with Gasteiger partial charge in [0.05, 0.1) is 5.95 Å². The van der Waals surface area contributed by atoms with E-state index in [-0.39, 0.29) is 32.3 Å². The van der Waals surface area contributed by atoms with Crippen LogP contribution in [0.15, 0.2) is 96.2 Å². The van der Waals surface area contributed by atoms with Crippen molar-refractivity contribution in [1.29, 1.82) is 0 Å². The second kappa shape index (κ2) is 14.0. The molecule has 0 unspecified atom stereocenters. The molecule has 0 fully saturated rings. The van der Waals surface area contributed by atoms with Crippen LogP contribution in [-0.4, -0.2) is 20.8 Å². The van der Waals surface area contributed by atoms with Crippen molar-refractivity contribution in [1.82, 2.24) is 15.0 Å². The third kappa shape index (κ3) is 7.06. The summed E-state index contributed by atoms with van der Waals surface area (Å²) in [4.78, 5) is 12.1. The third-order valence-electron chi connectivity index (χ3n) is 5.91. The summed E-state index contributed by atoms with van der Waals surface area (Å²) in [5.74, 6) is -3.05. The van der Waals surface area contributed by atoms with E-state index in [1.807, 2.05) is 78.6 Å². The normalized spacial score (nSPS) is 12.3. The monoisotopic (exact) mass is 748 g/mol. The van der Waals surface area contributed by atoms with E-state index >= 15 is 0 Å². The Labute approximate surface area is 254 Å². The smallest absolute Gasteiger partial charge is 0.129 e. The van der Waals surface area contributed by atoms with Gasteiger partial charge in [-0.2, -0.15) is 11.2 Å². The Bertz CT molecular complexity index is 1670. The molecule has 0 radical (unpaired) electrons. The molecule has 0 N–H and O–H groups in total. The Morgan fingerprint density at radius 3 is 2.10 bits per heavy atom. The maximum absolute atomic E-state index is 14.0. The zero-order chi connectivity index (χ0) is 28.8. The molecular formula is C31H21F4N6Pt-3. The molecule has 1 aliphatic heterocycles. The molecule has 1 aliphatic rings. The molecule has 4 heterocycles. The van der Waals surface area contributed by atoms with Gasteiger partial charge in [-0.15, -0.1) is 18.8 Å². The van der Waals surface area contributed by atoms with Gasteiger partial charge in [-0.1, -0.05) is 78.7 Å². The Morgan fingerprint density at radius 2 is 1.45 bits per heavy atom. The van der Waals surface area contributed by atoms with Crippen LogP contribution in [0.25, 0.3) is 11.3 Å². The first-order valence-electron chi connectivity index (χ1n) is 12.5. The van der Waals surface area contributed by atoms with Gasteiger partial charge < -0.3 is 19.9 Å². The largest absolute Gasteiger partial charge is 0.456 e. The van der Waals surface area contributed by atoms with Crippen LogP contribution in [0, 0.1) is 42.6 Å². The number of aromatic nitrogens is 3. The fraction of sp³-hybridized carbons (Fsp3) is 0.0645. The molecule has 0 saturated heterocycles.